The largest absolute Gasteiger partial charge is 0.444 e. The van der Waals surface area contributed by atoms with Crippen LogP contribution in [0.15, 0.2) is 0 Å². The van der Waals surface area contributed by atoms with Crippen LogP contribution in [0.2, 0.25) is 0 Å². The van der Waals surface area contributed by atoms with Gasteiger partial charge in [-0.15, -0.1) is 5.06 Å². The van der Waals surface area contributed by atoms with Gasteiger partial charge in [0.2, 0.25) is 0 Å². The molecule has 120 valence electrons. The van der Waals surface area contributed by atoms with Gasteiger partial charge in [0, 0.05) is 33.0 Å². The van der Waals surface area contributed by atoms with E-state index in [1.807, 2.05) is 0 Å². The minimum atomic E-state index is -1.23. The number of hydrogen-bond acceptors (Lipinski definition) is 6. The fourth-order valence-electron chi connectivity index (χ4n) is 2.02. The van der Waals surface area contributed by atoms with E-state index in [2.05, 4.69) is 0 Å². The molecule has 1 rings (SSSR count). The van der Waals surface area contributed by atoms with Crippen LogP contribution in [0.5, 0.6) is 0 Å². The Hall–Kier alpha value is -1.83. The van der Waals surface area contributed by atoms with E-state index in [1.165, 1.54) is 6.92 Å². The predicted molar refractivity (Wildman–Crippen MR) is 74.5 cm³/mol. The monoisotopic (exact) mass is 301 g/mol. The highest BCUT2D eigenvalue weighted by atomic mass is 16.8. The lowest BCUT2D eigenvalue weighted by Gasteiger charge is -2.42. The number of nitrogens with two attached hydrogens (primary N) is 1. The summed E-state index contributed by atoms with van der Waals surface area (Å²) in [6, 6.07) is 0. The number of carbonyl (C=O) groups is 2. The third-order valence-electron chi connectivity index (χ3n) is 2.99. The second-order valence-corrected chi connectivity index (χ2v) is 5.92. The zero-order chi connectivity index (χ0) is 16.3. The van der Waals surface area contributed by atoms with E-state index in [1.54, 1.807) is 20.8 Å². The van der Waals surface area contributed by atoms with Crippen molar-refractivity contribution in [2.24, 2.45) is 5.73 Å². The first-order valence-corrected chi connectivity index (χ1v) is 6.72. The zero-order valence-corrected chi connectivity index (χ0v) is 12.9. The maximum absolute atomic E-state index is 12.3. The third-order valence-corrected chi connectivity index (χ3v) is 2.99. The minimum Gasteiger partial charge on any atom is -0.442 e. The van der Waals surface area contributed by atoms with Gasteiger partial charge < -0.3 is 20.0 Å². The van der Waals surface area contributed by atoms with Crippen LogP contribution in [-0.4, -0.2) is 47.3 Å². The summed E-state index contributed by atoms with van der Waals surface area (Å²) in [6.07, 6.45) is -0.334. The molecule has 1 aliphatic rings. The second kappa shape index (κ2) is 6.30. The van der Waals surface area contributed by atoms with Crippen LogP contribution in [0, 0.1) is 5.41 Å². The molecule has 0 aromatic carbocycles. The number of amides is 1. The Morgan fingerprint density at radius 3 is 2.19 bits per heavy atom. The van der Waals surface area contributed by atoms with Gasteiger partial charge in [-0.1, -0.05) is 0 Å². The number of nitrogens with one attached hydrogen (secondary N) is 1. The molecule has 0 aliphatic carbocycles. The topological polar surface area (TPSA) is 115 Å². The second-order valence-electron chi connectivity index (χ2n) is 5.92. The maximum atomic E-state index is 12.3. The van der Waals surface area contributed by atoms with Gasteiger partial charge in [0.25, 0.3) is 0 Å². The molecule has 1 fully saturated rings. The lowest BCUT2D eigenvalue weighted by Crippen LogP contribution is -2.62. The van der Waals surface area contributed by atoms with E-state index in [-0.39, 0.29) is 18.7 Å². The van der Waals surface area contributed by atoms with Crippen LogP contribution in [0.1, 0.15) is 40.5 Å². The third kappa shape index (κ3) is 4.32. The molecule has 3 N–H and O–H groups in total. The van der Waals surface area contributed by atoms with Crippen molar-refractivity contribution in [3.8, 4) is 0 Å². The molecule has 0 spiro atoms. The molecular formula is C13H23N3O5. The van der Waals surface area contributed by atoms with Gasteiger partial charge in [-0.25, -0.2) is 4.79 Å². The molecule has 1 heterocycles. The highest BCUT2D eigenvalue weighted by Crippen LogP contribution is 2.30. The molecule has 0 unspecified atom stereocenters. The Labute approximate surface area is 124 Å². The van der Waals surface area contributed by atoms with Gasteiger partial charge in [0.1, 0.15) is 17.0 Å². The fourth-order valence-corrected chi connectivity index (χ4v) is 2.02. The smallest absolute Gasteiger partial charge is 0.442 e. The number of rotatable bonds is 2. The normalized spacial score (nSPS) is 17.7. The van der Waals surface area contributed by atoms with Crippen LogP contribution in [0.3, 0.4) is 0 Å². The maximum Gasteiger partial charge on any atom is 0.444 e. The number of carbonyl (C=O) groups excluding carboxylic acids is 2. The van der Waals surface area contributed by atoms with Crippen LogP contribution in [0.4, 0.5) is 4.79 Å². The Bertz CT molecular complexity index is 424. The number of amidine groups is 1. The van der Waals surface area contributed by atoms with Crippen molar-refractivity contribution in [1.82, 2.24) is 5.06 Å². The first kappa shape index (κ1) is 17.2. The number of hydrogen-bond donors (Lipinski definition) is 2. The van der Waals surface area contributed by atoms with Crippen molar-refractivity contribution < 1.29 is 23.9 Å². The van der Waals surface area contributed by atoms with Gasteiger partial charge in [0.05, 0.1) is 0 Å². The average molecular weight is 301 g/mol. The van der Waals surface area contributed by atoms with E-state index < -0.39 is 23.2 Å². The predicted octanol–water partition coefficient (Wildman–Crippen LogP) is 1.19. The zero-order valence-electron chi connectivity index (χ0n) is 12.9. The highest BCUT2D eigenvalue weighted by Gasteiger charge is 2.48. The minimum absolute atomic E-state index is 0.259. The average Bonchev–Trinajstić information content (AvgIpc) is 2.34. The van der Waals surface area contributed by atoms with Crippen molar-refractivity contribution in [3.63, 3.8) is 0 Å². The molecule has 0 aromatic rings. The van der Waals surface area contributed by atoms with Crippen LogP contribution in [0.25, 0.3) is 0 Å². The van der Waals surface area contributed by atoms with E-state index in [0.29, 0.717) is 13.2 Å². The first-order valence-electron chi connectivity index (χ1n) is 6.72. The van der Waals surface area contributed by atoms with Crippen molar-refractivity contribution in [2.45, 2.75) is 51.7 Å². The molecule has 0 aromatic heterocycles. The summed E-state index contributed by atoms with van der Waals surface area (Å²) in [6.45, 7) is 6.87. The number of ether oxygens (including phenoxy) is 2. The van der Waals surface area contributed by atoms with E-state index >= 15 is 0 Å². The highest BCUT2D eigenvalue weighted by molar-refractivity contribution is 5.91. The molecule has 1 amide bonds. The standard InChI is InChI=1S/C13H23N3O5/c1-9(17)21-16(11(18)20-12(2,3)4)13(10(14)15)5-7-19-8-6-13/h5-8H2,1-4H3,(H3,14,15). The molecule has 1 saturated heterocycles. The van der Waals surface area contributed by atoms with Crippen LogP contribution >= 0.6 is 0 Å². The van der Waals surface area contributed by atoms with Crippen LogP contribution < -0.4 is 5.73 Å². The van der Waals surface area contributed by atoms with Crippen LogP contribution in [-0.2, 0) is 19.1 Å². The Kier molecular flexibility index (Phi) is 5.16. The number of nitrogens with zero attached hydrogens (tertiary/aromatic N) is 1. The molecule has 0 radical (unpaired) electrons. The molecule has 8 nitrogen and oxygen atoms in total. The summed E-state index contributed by atoms with van der Waals surface area (Å²) in [5.41, 5.74) is 3.67. The van der Waals surface area contributed by atoms with Gasteiger partial charge >= 0.3 is 12.1 Å². The lowest BCUT2D eigenvalue weighted by atomic mass is 9.88. The molecule has 1 aliphatic heterocycles. The SMILES string of the molecule is CC(=O)ON(C(=O)OC(C)(C)C)C1(C(=N)N)CCOCC1. The van der Waals surface area contributed by atoms with E-state index in [4.69, 9.17) is 25.5 Å². The van der Waals surface area contributed by atoms with Crippen molar-refractivity contribution >= 4 is 17.9 Å². The van der Waals surface area contributed by atoms with Gasteiger partial charge in [0.15, 0.2) is 0 Å². The Morgan fingerprint density at radius 2 is 1.81 bits per heavy atom. The molecule has 0 atom stereocenters. The van der Waals surface area contributed by atoms with Crippen molar-refractivity contribution in [1.29, 1.82) is 5.41 Å². The summed E-state index contributed by atoms with van der Waals surface area (Å²) in [5.74, 6) is -0.953. The first-order chi connectivity index (χ1) is 9.58. The van der Waals surface area contributed by atoms with Crippen molar-refractivity contribution in [2.75, 3.05) is 13.2 Å². The molecule has 0 bridgehead atoms. The van der Waals surface area contributed by atoms with E-state index in [9.17, 15) is 9.59 Å². The lowest BCUT2D eigenvalue weighted by molar-refractivity contribution is -0.207. The van der Waals surface area contributed by atoms with Crippen molar-refractivity contribution in [3.05, 3.63) is 0 Å². The molecular weight excluding hydrogens is 278 g/mol. The Balaban J connectivity index is 3.11. The van der Waals surface area contributed by atoms with E-state index in [0.717, 1.165) is 5.06 Å². The van der Waals surface area contributed by atoms with Gasteiger partial charge in [-0.3, -0.25) is 10.2 Å². The summed E-state index contributed by atoms with van der Waals surface area (Å²) in [4.78, 5) is 28.7. The summed E-state index contributed by atoms with van der Waals surface area (Å²) < 4.78 is 10.5. The quantitative estimate of drug-likeness (QED) is 0.449. The summed E-state index contributed by atoms with van der Waals surface area (Å²) in [5, 5.41) is 8.60. The number of hydroxylamine groups is 2. The van der Waals surface area contributed by atoms with Gasteiger partial charge in [-0.05, 0) is 20.8 Å². The molecule has 21 heavy (non-hydrogen) atoms. The summed E-state index contributed by atoms with van der Waals surface area (Å²) in [7, 11) is 0. The Morgan fingerprint density at radius 1 is 1.29 bits per heavy atom. The summed E-state index contributed by atoms with van der Waals surface area (Å²) >= 11 is 0. The van der Waals surface area contributed by atoms with Gasteiger partial charge in [-0.2, -0.15) is 0 Å². The fraction of sp³-hybridized carbons (Fsp3) is 0.769. The molecule has 0 saturated carbocycles. The molecule has 8 heteroatoms.